The highest BCUT2D eigenvalue weighted by Crippen LogP contribution is 2.32. The standard InChI is InChI=1S/C27H23N5O2S.2CH4.H2/c1-16-29-21-4-2-18(11-22(21)30-16)17-3-5-25-19(10-17)14-31(7-8-34-25)27(33)24-12-26-23(6-9-35-26)32(24)15-20-13-28-20;;;/h2-6,9-13,28H,7-8,14-15H2,1H3,(H,29,30);2*1H4;1H. The molecule has 0 aliphatic carbocycles. The number of aryl methyl sites for hydroxylation is 1. The molecule has 0 unspecified atom stereocenters. The number of aromatic amines is 1. The molecule has 0 saturated heterocycles. The maximum Gasteiger partial charge on any atom is 0.270 e. The number of ether oxygens (including phenoxy) is 1. The van der Waals surface area contributed by atoms with E-state index in [2.05, 4.69) is 55.6 Å². The number of nitrogens with zero attached hydrogens (tertiary/aromatic N) is 3. The van der Waals surface area contributed by atoms with Crippen molar-refractivity contribution in [2.45, 2.75) is 34.9 Å². The van der Waals surface area contributed by atoms with E-state index in [1.165, 1.54) is 0 Å². The van der Waals surface area contributed by atoms with Gasteiger partial charge in [0, 0.05) is 19.7 Å². The lowest BCUT2D eigenvalue weighted by Crippen LogP contribution is -2.34. The number of aromatic nitrogens is 3. The number of thiophene rings is 1. The molecule has 2 aromatic carbocycles. The Labute approximate surface area is 221 Å². The average molecular weight is 516 g/mol. The van der Waals surface area contributed by atoms with Crippen molar-refractivity contribution in [1.29, 1.82) is 0 Å². The number of hydrogen-bond acceptors (Lipinski definition) is 5. The third-order valence-corrected chi connectivity index (χ3v) is 7.53. The minimum Gasteiger partial charge on any atom is -0.491 e. The molecule has 0 fully saturated rings. The van der Waals surface area contributed by atoms with E-state index in [4.69, 9.17) is 4.74 Å². The van der Waals surface area contributed by atoms with Crippen molar-refractivity contribution < 1.29 is 11.0 Å². The van der Waals surface area contributed by atoms with Crippen LogP contribution in [-0.4, -0.2) is 38.5 Å². The number of rotatable bonds is 4. The van der Waals surface area contributed by atoms with Gasteiger partial charge in [-0.3, -0.25) is 4.79 Å². The lowest BCUT2D eigenvalue weighted by Gasteiger charge is -2.21. The van der Waals surface area contributed by atoms with E-state index in [1.54, 1.807) is 11.3 Å². The van der Waals surface area contributed by atoms with Gasteiger partial charge in [0.2, 0.25) is 0 Å². The predicted molar refractivity (Wildman–Crippen MR) is 153 cm³/mol. The topological polar surface area (TPSA) is 85.1 Å². The second kappa shape index (κ2) is 9.44. The molecule has 2 N–H and O–H groups in total. The third-order valence-electron chi connectivity index (χ3n) is 6.68. The van der Waals surface area contributed by atoms with Gasteiger partial charge in [0.1, 0.15) is 23.9 Å². The van der Waals surface area contributed by atoms with Gasteiger partial charge in [0.15, 0.2) is 0 Å². The van der Waals surface area contributed by atoms with Gasteiger partial charge in [0.25, 0.3) is 5.91 Å². The largest absolute Gasteiger partial charge is 0.491 e. The van der Waals surface area contributed by atoms with Crippen LogP contribution < -0.4 is 10.1 Å². The van der Waals surface area contributed by atoms with Crippen LogP contribution in [0.15, 0.2) is 65.8 Å². The first-order valence-electron chi connectivity index (χ1n) is 11.7. The summed E-state index contributed by atoms with van der Waals surface area (Å²) in [6.07, 6.45) is 1.98. The number of carbonyl (C=O) groups excluding carboxylic acids is 1. The van der Waals surface area contributed by atoms with Crippen LogP contribution in [0.3, 0.4) is 0 Å². The second-order valence-electron chi connectivity index (χ2n) is 9.05. The SMILES string of the molecule is C.C.Cc1nc2ccc(-c3ccc4c(c3)CN(C(=O)c3cc5sccc5n3CC3=CN3)CCO4)cc2[nH]1.[HH]. The Morgan fingerprint density at radius 1 is 1.14 bits per heavy atom. The molecular formula is C29H33N5O2S. The van der Waals surface area contributed by atoms with Gasteiger partial charge in [-0.05, 0) is 59.8 Å². The summed E-state index contributed by atoms with van der Waals surface area (Å²) in [5, 5.41) is 5.23. The number of carbonyl (C=O) groups is 1. The average Bonchev–Trinajstić information content (AvgIpc) is 3.35. The monoisotopic (exact) mass is 515 g/mol. The van der Waals surface area contributed by atoms with E-state index >= 15 is 0 Å². The van der Waals surface area contributed by atoms with Gasteiger partial charge >= 0.3 is 0 Å². The van der Waals surface area contributed by atoms with Crippen LogP contribution in [-0.2, 0) is 13.1 Å². The van der Waals surface area contributed by atoms with Crippen LogP contribution in [0.4, 0.5) is 0 Å². The number of benzene rings is 2. The lowest BCUT2D eigenvalue weighted by atomic mass is 10.0. The van der Waals surface area contributed by atoms with Gasteiger partial charge in [-0.25, -0.2) is 4.98 Å². The quantitative estimate of drug-likeness (QED) is 0.284. The summed E-state index contributed by atoms with van der Waals surface area (Å²) in [5.74, 6) is 1.78. The van der Waals surface area contributed by atoms with Crippen molar-refractivity contribution in [2.24, 2.45) is 0 Å². The van der Waals surface area contributed by atoms with Crippen LogP contribution in [0.25, 0.3) is 32.4 Å². The summed E-state index contributed by atoms with van der Waals surface area (Å²) < 4.78 is 9.29. The molecule has 1 amide bonds. The van der Waals surface area contributed by atoms with Crippen molar-refractivity contribution in [2.75, 3.05) is 13.2 Å². The van der Waals surface area contributed by atoms with Crippen LogP contribution in [0.1, 0.15) is 38.2 Å². The van der Waals surface area contributed by atoms with Gasteiger partial charge in [-0.15, -0.1) is 11.3 Å². The first kappa shape index (κ1) is 24.6. The fourth-order valence-electron chi connectivity index (χ4n) is 4.86. The van der Waals surface area contributed by atoms with Crippen molar-refractivity contribution in [3.63, 3.8) is 0 Å². The number of hydrogen-bond donors (Lipinski definition) is 2. The predicted octanol–water partition coefficient (Wildman–Crippen LogP) is 6.55. The first-order chi connectivity index (χ1) is 17.1. The minimum absolute atomic E-state index is 0. The third kappa shape index (κ3) is 4.38. The van der Waals surface area contributed by atoms with E-state index in [0.717, 1.165) is 60.9 Å². The number of H-pyrrole nitrogens is 1. The number of amides is 1. The summed E-state index contributed by atoms with van der Waals surface area (Å²) in [6.45, 7) is 4.17. The van der Waals surface area contributed by atoms with Gasteiger partial charge in [-0.1, -0.05) is 27.0 Å². The minimum atomic E-state index is 0. The van der Waals surface area contributed by atoms with Crippen molar-refractivity contribution >= 4 is 38.5 Å². The Kier molecular flexibility index (Phi) is 6.29. The molecule has 2 aliphatic heterocycles. The summed E-state index contributed by atoms with van der Waals surface area (Å²) in [6, 6.07) is 16.6. The first-order valence-corrected chi connectivity index (χ1v) is 12.5. The Morgan fingerprint density at radius 2 is 1.95 bits per heavy atom. The molecule has 0 saturated carbocycles. The molecule has 7 rings (SSSR count). The number of fused-ring (bicyclic) bond motifs is 3. The second-order valence-corrected chi connectivity index (χ2v) is 10.00. The maximum absolute atomic E-state index is 13.8. The molecule has 0 atom stereocenters. The van der Waals surface area contributed by atoms with Crippen molar-refractivity contribution in [1.82, 2.24) is 24.8 Å². The highest BCUT2D eigenvalue weighted by atomic mass is 32.1. The molecule has 0 radical (unpaired) electrons. The molecule has 8 heteroatoms. The molecular weight excluding hydrogens is 482 g/mol. The van der Waals surface area contributed by atoms with Gasteiger partial charge < -0.3 is 24.5 Å². The zero-order chi connectivity index (χ0) is 23.5. The van der Waals surface area contributed by atoms with Crippen molar-refractivity contribution in [3.8, 4) is 16.9 Å². The van der Waals surface area contributed by atoms with Crippen LogP contribution in [0.2, 0.25) is 0 Å². The van der Waals surface area contributed by atoms with E-state index < -0.39 is 0 Å². The summed E-state index contributed by atoms with van der Waals surface area (Å²) in [7, 11) is 0. The highest BCUT2D eigenvalue weighted by Gasteiger charge is 2.26. The smallest absolute Gasteiger partial charge is 0.270 e. The molecule has 3 aromatic heterocycles. The van der Waals surface area contributed by atoms with Crippen LogP contribution in [0, 0.1) is 6.92 Å². The molecule has 192 valence electrons. The van der Waals surface area contributed by atoms with E-state index in [1.807, 2.05) is 36.2 Å². The van der Waals surface area contributed by atoms with E-state index in [0.29, 0.717) is 26.2 Å². The zero-order valence-corrected chi connectivity index (χ0v) is 20.0. The summed E-state index contributed by atoms with van der Waals surface area (Å²) in [5.41, 5.74) is 8.15. The summed E-state index contributed by atoms with van der Waals surface area (Å²) in [4.78, 5) is 23.5. The highest BCUT2D eigenvalue weighted by molar-refractivity contribution is 7.17. The Morgan fingerprint density at radius 3 is 2.78 bits per heavy atom. The lowest BCUT2D eigenvalue weighted by molar-refractivity contribution is 0.0723. The van der Waals surface area contributed by atoms with Crippen LogP contribution >= 0.6 is 11.3 Å². The van der Waals surface area contributed by atoms with Gasteiger partial charge in [0.05, 0.1) is 40.0 Å². The molecule has 0 spiro atoms. The van der Waals surface area contributed by atoms with Crippen LogP contribution in [0.5, 0.6) is 5.75 Å². The fourth-order valence-corrected chi connectivity index (χ4v) is 5.69. The van der Waals surface area contributed by atoms with Crippen molar-refractivity contribution in [3.05, 3.63) is 82.9 Å². The molecule has 37 heavy (non-hydrogen) atoms. The number of nitrogens with one attached hydrogen (secondary N) is 2. The normalized spacial score (nSPS) is 14.1. The fraction of sp³-hybridized carbons (Fsp3) is 0.241. The molecule has 5 aromatic rings. The Hall–Kier alpha value is -4.04. The summed E-state index contributed by atoms with van der Waals surface area (Å²) >= 11 is 1.67. The van der Waals surface area contributed by atoms with Gasteiger partial charge in [-0.2, -0.15) is 0 Å². The van der Waals surface area contributed by atoms with E-state index in [-0.39, 0.29) is 22.2 Å². The molecule has 5 heterocycles. The molecule has 2 aliphatic rings. The maximum atomic E-state index is 13.8. The Bertz CT molecular complexity index is 1660. The van der Waals surface area contributed by atoms with E-state index in [9.17, 15) is 4.79 Å². The zero-order valence-electron chi connectivity index (χ0n) is 19.2. The number of imidazole rings is 1. The number of allylic oxidation sites excluding steroid dienone is 1. The Balaban J connectivity index is 0.00000112. The molecule has 0 bridgehead atoms. The molecule has 7 nitrogen and oxygen atoms in total.